The van der Waals surface area contributed by atoms with E-state index in [2.05, 4.69) is 0 Å². The third-order valence-electron chi connectivity index (χ3n) is 3.61. The molecule has 0 amide bonds. The first-order chi connectivity index (χ1) is 12.9. The largest absolute Gasteiger partial charge is 0.497 e. The van der Waals surface area contributed by atoms with Crippen molar-refractivity contribution in [3.05, 3.63) is 48.0 Å². The van der Waals surface area contributed by atoms with Gasteiger partial charge in [0.05, 0.1) is 34.0 Å². The van der Waals surface area contributed by atoms with E-state index in [0.29, 0.717) is 18.2 Å². The molecular formula is C16H16F3NO6S2. The summed E-state index contributed by atoms with van der Waals surface area (Å²) in [7, 11) is -7.75. The van der Waals surface area contributed by atoms with Crippen LogP contribution in [0.5, 0.6) is 5.75 Å². The molecular weight excluding hydrogens is 423 g/mol. The molecule has 154 valence electrons. The lowest BCUT2D eigenvalue weighted by Crippen LogP contribution is -2.29. The minimum absolute atomic E-state index is 0.199. The molecule has 7 nitrogen and oxygen atoms in total. The lowest BCUT2D eigenvalue weighted by atomic mass is 10.2. The molecule has 0 aliphatic heterocycles. The van der Waals surface area contributed by atoms with Gasteiger partial charge in [-0.2, -0.15) is 13.2 Å². The van der Waals surface area contributed by atoms with Gasteiger partial charge in [-0.15, -0.1) is 0 Å². The van der Waals surface area contributed by atoms with Crippen LogP contribution in [-0.2, 0) is 26.0 Å². The van der Waals surface area contributed by atoms with E-state index in [1.54, 1.807) is 4.72 Å². The number of halogens is 3. The van der Waals surface area contributed by atoms with Gasteiger partial charge in [-0.3, -0.25) is 0 Å². The molecule has 0 radical (unpaired) electrons. The molecule has 0 saturated carbocycles. The second-order valence-corrected chi connectivity index (χ2v) is 9.14. The van der Waals surface area contributed by atoms with Crippen LogP contribution in [-0.4, -0.2) is 42.2 Å². The molecule has 2 aromatic carbocycles. The van der Waals surface area contributed by atoms with Gasteiger partial charge in [0.25, 0.3) is 0 Å². The van der Waals surface area contributed by atoms with Crippen LogP contribution >= 0.6 is 0 Å². The molecule has 2 aromatic rings. The number of benzene rings is 2. The predicted molar refractivity (Wildman–Crippen MR) is 92.2 cm³/mol. The number of hydrogen-bond acceptors (Lipinski definition) is 6. The van der Waals surface area contributed by atoms with Crippen molar-refractivity contribution in [2.24, 2.45) is 0 Å². The van der Waals surface area contributed by atoms with Gasteiger partial charge >= 0.3 is 6.18 Å². The average Bonchev–Trinajstić information content (AvgIpc) is 2.65. The van der Waals surface area contributed by atoms with E-state index >= 15 is 0 Å². The zero-order chi connectivity index (χ0) is 21.2. The number of rotatable bonds is 7. The molecule has 0 atom stereocenters. The lowest BCUT2D eigenvalue weighted by molar-refractivity contribution is -0.139. The van der Waals surface area contributed by atoms with Crippen molar-refractivity contribution in [2.45, 2.75) is 20.9 Å². The summed E-state index contributed by atoms with van der Waals surface area (Å²) < 4.78 is 96.4. The fourth-order valence-electron chi connectivity index (χ4n) is 2.29. The predicted octanol–water partition coefficient (Wildman–Crippen LogP) is 1.82. The number of nitrogens with one attached hydrogen (secondary N) is 1. The summed E-state index contributed by atoms with van der Waals surface area (Å²) in [5, 5.41) is 8.73. The SMILES string of the molecule is COc1cccc(S(=O)(=O)c2ccc(C(F)(F)F)c(S(=O)(=O)NCCO)c2)c1. The molecule has 0 saturated heterocycles. The van der Waals surface area contributed by atoms with Crippen LogP contribution in [0.25, 0.3) is 0 Å². The van der Waals surface area contributed by atoms with Crippen LogP contribution in [0, 0.1) is 0 Å². The number of sulfone groups is 1. The zero-order valence-electron chi connectivity index (χ0n) is 14.4. The van der Waals surface area contributed by atoms with Gasteiger partial charge in [0.2, 0.25) is 19.9 Å². The molecule has 0 unspecified atom stereocenters. The van der Waals surface area contributed by atoms with Crippen molar-refractivity contribution >= 4 is 19.9 Å². The molecule has 0 bridgehead atoms. The van der Waals surface area contributed by atoms with Crippen LogP contribution in [0.4, 0.5) is 13.2 Å². The molecule has 2 rings (SSSR count). The average molecular weight is 439 g/mol. The topological polar surface area (TPSA) is 110 Å². The van der Waals surface area contributed by atoms with Gasteiger partial charge in [-0.25, -0.2) is 21.6 Å². The summed E-state index contributed by atoms with van der Waals surface area (Å²) in [6.45, 7) is -1.19. The standard InChI is InChI=1S/C16H16F3NO6S2/c1-26-11-3-2-4-12(9-11)27(22,23)13-5-6-14(16(17,18)19)15(10-13)28(24,25)20-7-8-21/h2-6,9-10,20-21H,7-8H2,1H3. The van der Waals surface area contributed by atoms with E-state index in [1.165, 1.54) is 25.3 Å². The Morgan fingerprint density at radius 2 is 1.68 bits per heavy atom. The first-order valence-electron chi connectivity index (χ1n) is 7.64. The Kier molecular flexibility index (Phi) is 6.38. The third-order valence-corrected chi connectivity index (χ3v) is 6.86. The Labute approximate surface area is 159 Å². The van der Waals surface area contributed by atoms with Crippen LogP contribution in [0.15, 0.2) is 57.2 Å². The quantitative estimate of drug-likeness (QED) is 0.681. The van der Waals surface area contributed by atoms with Gasteiger partial charge in [0, 0.05) is 6.54 Å². The molecule has 0 aliphatic carbocycles. The number of sulfonamides is 1. The van der Waals surface area contributed by atoms with Gasteiger partial charge in [-0.05, 0) is 36.4 Å². The molecule has 0 fully saturated rings. The summed E-state index contributed by atoms with van der Waals surface area (Å²) in [6, 6.07) is 6.72. The monoisotopic (exact) mass is 439 g/mol. The lowest BCUT2D eigenvalue weighted by Gasteiger charge is -2.15. The maximum absolute atomic E-state index is 13.2. The van der Waals surface area contributed by atoms with E-state index in [9.17, 15) is 30.0 Å². The van der Waals surface area contributed by atoms with Crippen LogP contribution < -0.4 is 9.46 Å². The highest BCUT2D eigenvalue weighted by molar-refractivity contribution is 7.91. The molecule has 0 aromatic heterocycles. The molecule has 2 N–H and O–H groups in total. The second kappa shape index (κ2) is 8.07. The Morgan fingerprint density at radius 1 is 1.04 bits per heavy atom. The first-order valence-corrected chi connectivity index (χ1v) is 10.6. The molecule has 12 heteroatoms. The Balaban J connectivity index is 2.68. The van der Waals surface area contributed by atoms with E-state index in [-0.39, 0.29) is 10.6 Å². The fourth-order valence-corrected chi connectivity index (χ4v) is 4.96. The van der Waals surface area contributed by atoms with Gasteiger partial charge in [-0.1, -0.05) is 6.07 Å². The van der Waals surface area contributed by atoms with Crippen molar-refractivity contribution in [3.63, 3.8) is 0 Å². The molecule has 0 heterocycles. The van der Waals surface area contributed by atoms with Crippen molar-refractivity contribution in [2.75, 3.05) is 20.3 Å². The summed E-state index contributed by atoms with van der Waals surface area (Å²) in [4.78, 5) is -2.17. The highest BCUT2D eigenvalue weighted by Crippen LogP contribution is 2.36. The number of ether oxygens (including phenoxy) is 1. The smallest absolute Gasteiger partial charge is 0.417 e. The third kappa shape index (κ3) is 4.63. The highest BCUT2D eigenvalue weighted by atomic mass is 32.2. The Bertz CT molecular complexity index is 1070. The number of aliphatic hydroxyl groups is 1. The van der Waals surface area contributed by atoms with Gasteiger partial charge < -0.3 is 9.84 Å². The van der Waals surface area contributed by atoms with Crippen LogP contribution in [0.2, 0.25) is 0 Å². The second-order valence-electron chi connectivity index (χ2n) is 5.46. The highest BCUT2D eigenvalue weighted by Gasteiger charge is 2.38. The van der Waals surface area contributed by atoms with Crippen molar-refractivity contribution in [3.8, 4) is 5.75 Å². The first kappa shape index (κ1) is 22.1. The summed E-state index contributed by atoms with van der Waals surface area (Å²) >= 11 is 0. The number of aliphatic hydroxyl groups excluding tert-OH is 1. The molecule has 0 spiro atoms. The summed E-state index contributed by atoms with van der Waals surface area (Å²) in [5.41, 5.74) is -1.53. The van der Waals surface area contributed by atoms with Crippen LogP contribution in [0.3, 0.4) is 0 Å². The fraction of sp³-hybridized carbons (Fsp3) is 0.250. The minimum Gasteiger partial charge on any atom is -0.497 e. The Hall–Kier alpha value is -2.15. The molecule has 0 aliphatic rings. The van der Waals surface area contributed by atoms with E-state index in [0.717, 1.165) is 6.07 Å². The summed E-state index contributed by atoms with van der Waals surface area (Å²) in [5.74, 6) is 0.199. The number of methoxy groups -OCH3 is 1. The zero-order valence-corrected chi connectivity index (χ0v) is 16.0. The van der Waals surface area contributed by atoms with Gasteiger partial charge in [0.1, 0.15) is 5.75 Å². The minimum atomic E-state index is -5.04. The number of hydrogen-bond donors (Lipinski definition) is 2. The van der Waals surface area contributed by atoms with E-state index in [4.69, 9.17) is 9.84 Å². The number of alkyl halides is 3. The normalized spacial score (nSPS) is 12.8. The summed E-state index contributed by atoms with van der Waals surface area (Å²) in [6.07, 6.45) is -5.04. The van der Waals surface area contributed by atoms with Crippen LogP contribution in [0.1, 0.15) is 5.56 Å². The molecule has 28 heavy (non-hydrogen) atoms. The van der Waals surface area contributed by atoms with E-state index in [1.807, 2.05) is 0 Å². The van der Waals surface area contributed by atoms with Crippen molar-refractivity contribution < 1.29 is 39.9 Å². The van der Waals surface area contributed by atoms with Gasteiger partial charge in [0.15, 0.2) is 0 Å². The van der Waals surface area contributed by atoms with Crippen molar-refractivity contribution in [1.29, 1.82) is 0 Å². The maximum atomic E-state index is 13.2. The Morgan fingerprint density at radius 3 is 2.25 bits per heavy atom. The van der Waals surface area contributed by atoms with E-state index < -0.39 is 54.5 Å². The maximum Gasteiger partial charge on any atom is 0.417 e. The van der Waals surface area contributed by atoms with Crippen molar-refractivity contribution in [1.82, 2.24) is 4.72 Å².